The van der Waals surface area contributed by atoms with Crippen LogP contribution < -0.4 is 5.32 Å². The summed E-state index contributed by atoms with van der Waals surface area (Å²) < 4.78 is 6.72. The van der Waals surface area contributed by atoms with Gasteiger partial charge in [0, 0.05) is 16.7 Å². The van der Waals surface area contributed by atoms with Gasteiger partial charge in [0.15, 0.2) is 0 Å². The summed E-state index contributed by atoms with van der Waals surface area (Å²) >= 11 is 3.42. The summed E-state index contributed by atoms with van der Waals surface area (Å²) in [4.78, 5) is 4.15. The van der Waals surface area contributed by atoms with Gasteiger partial charge in [0.1, 0.15) is 0 Å². The smallest absolute Gasteiger partial charge is 0.0570 e. The first-order valence-electron chi connectivity index (χ1n) is 5.66. The maximum absolute atomic E-state index is 5.71. The van der Waals surface area contributed by atoms with E-state index < -0.39 is 0 Å². The molecule has 1 aromatic heterocycles. The SMILES string of the molecule is CC1CC(Nc2cncc(Br)c2)CC(C)O1. The fourth-order valence-corrected chi connectivity index (χ4v) is 2.61. The van der Waals surface area contributed by atoms with Crippen LogP contribution in [0.1, 0.15) is 26.7 Å². The maximum Gasteiger partial charge on any atom is 0.0570 e. The molecule has 0 amide bonds. The molecule has 2 rings (SSSR count). The average molecular weight is 285 g/mol. The third-order valence-corrected chi connectivity index (χ3v) is 3.21. The molecule has 1 saturated heterocycles. The van der Waals surface area contributed by atoms with E-state index in [-0.39, 0.29) is 0 Å². The Kier molecular flexibility index (Phi) is 3.82. The van der Waals surface area contributed by atoms with Gasteiger partial charge in [0.05, 0.1) is 24.1 Å². The van der Waals surface area contributed by atoms with Crippen LogP contribution in [-0.4, -0.2) is 23.2 Å². The number of hydrogen-bond acceptors (Lipinski definition) is 3. The minimum Gasteiger partial charge on any atom is -0.381 e. The van der Waals surface area contributed by atoms with Crippen molar-refractivity contribution in [1.29, 1.82) is 0 Å². The fraction of sp³-hybridized carbons (Fsp3) is 0.583. The molecule has 3 nitrogen and oxygen atoms in total. The van der Waals surface area contributed by atoms with E-state index in [1.54, 1.807) is 6.20 Å². The van der Waals surface area contributed by atoms with Crippen LogP contribution in [-0.2, 0) is 4.74 Å². The largest absolute Gasteiger partial charge is 0.381 e. The van der Waals surface area contributed by atoms with Gasteiger partial charge in [-0.1, -0.05) is 0 Å². The molecule has 0 aromatic carbocycles. The normalized spacial score (nSPS) is 30.1. The highest BCUT2D eigenvalue weighted by atomic mass is 79.9. The number of aromatic nitrogens is 1. The monoisotopic (exact) mass is 284 g/mol. The van der Waals surface area contributed by atoms with E-state index in [0.29, 0.717) is 18.2 Å². The molecule has 2 atom stereocenters. The van der Waals surface area contributed by atoms with Crippen LogP contribution in [0.3, 0.4) is 0 Å². The highest BCUT2D eigenvalue weighted by molar-refractivity contribution is 9.10. The van der Waals surface area contributed by atoms with Crippen LogP contribution in [0.25, 0.3) is 0 Å². The van der Waals surface area contributed by atoms with Gasteiger partial charge in [-0.25, -0.2) is 0 Å². The van der Waals surface area contributed by atoms with Crippen molar-refractivity contribution in [2.75, 3.05) is 5.32 Å². The Hall–Kier alpha value is -0.610. The number of halogens is 1. The molecule has 0 spiro atoms. The van der Waals surface area contributed by atoms with Gasteiger partial charge in [0.2, 0.25) is 0 Å². The summed E-state index contributed by atoms with van der Waals surface area (Å²) in [7, 11) is 0. The van der Waals surface area contributed by atoms with Gasteiger partial charge < -0.3 is 10.1 Å². The predicted molar refractivity (Wildman–Crippen MR) is 68.6 cm³/mol. The molecule has 2 heterocycles. The fourth-order valence-electron chi connectivity index (χ4n) is 2.25. The van der Waals surface area contributed by atoms with Gasteiger partial charge in [0.25, 0.3) is 0 Å². The lowest BCUT2D eigenvalue weighted by Gasteiger charge is -2.33. The van der Waals surface area contributed by atoms with Crippen molar-refractivity contribution in [3.63, 3.8) is 0 Å². The second-order valence-electron chi connectivity index (χ2n) is 4.46. The van der Waals surface area contributed by atoms with Crippen LogP contribution in [0, 0.1) is 0 Å². The molecule has 0 saturated carbocycles. The Morgan fingerprint density at radius 2 is 2.00 bits per heavy atom. The molecule has 1 fully saturated rings. The molecule has 1 aromatic rings. The molecule has 0 bridgehead atoms. The van der Waals surface area contributed by atoms with Crippen molar-refractivity contribution >= 4 is 21.6 Å². The van der Waals surface area contributed by atoms with Gasteiger partial charge in [-0.3, -0.25) is 4.98 Å². The zero-order chi connectivity index (χ0) is 11.5. The van der Waals surface area contributed by atoms with Gasteiger partial charge in [-0.2, -0.15) is 0 Å². The highest BCUT2D eigenvalue weighted by Crippen LogP contribution is 2.23. The number of rotatable bonds is 2. The Bertz CT molecular complexity index is 349. The minimum atomic E-state index is 0.335. The number of pyridine rings is 1. The second-order valence-corrected chi connectivity index (χ2v) is 5.38. The van der Waals surface area contributed by atoms with Crippen molar-refractivity contribution < 1.29 is 4.74 Å². The Labute approximate surface area is 105 Å². The van der Waals surface area contributed by atoms with Crippen LogP contribution in [0.15, 0.2) is 22.9 Å². The summed E-state index contributed by atoms with van der Waals surface area (Å²) in [6.45, 7) is 4.26. The second kappa shape index (κ2) is 5.15. The first-order valence-corrected chi connectivity index (χ1v) is 6.45. The summed E-state index contributed by atoms with van der Waals surface area (Å²) in [5, 5.41) is 3.51. The number of ether oxygens (including phenoxy) is 1. The van der Waals surface area contributed by atoms with E-state index in [1.165, 1.54) is 0 Å². The molecule has 4 heteroatoms. The van der Waals surface area contributed by atoms with Crippen molar-refractivity contribution in [2.45, 2.75) is 44.9 Å². The summed E-state index contributed by atoms with van der Waals surface area (Å²) in [6.07, 6.45) is 6.42. The number of nitrogens with zero attached hydrogens (tertiary/aromatic N) is 1. The molecule has 2 unspecified atom stereocenters. The minimum absolute atomic E-state index is 0.335. The molecule has 1 aliphatic heterocycles. The lowest BCUT2D eigenvalue weighted by Crippen LogP contribution is -2.36. The third kappa shape index (κ3) is 3.19. The highest BCUT2D eigenvalue weighted by Gasteiger charge is 2.24. The van der Waals surface area contributed by atoms with Crippen LogP contribution in [0.4, 0.5) is 5.69 Å². The van der Waals surface area contributed by atoms with E-state index in [2.05, 4.69) is 46.1 Å². The topological polar surface area (TPSA) is 34.2 Å². The van der Waals surface area contributed by atoms with Crippen LogP contribution >= 0.6 is 15.9 Å². The van der Waals surface area contributed by atoms with E-state index in [0.717, 1.165) is 23.0 Å². The molecule has 16 heavy (non-hydrogen) atoms. The summed E-state index contributed by atoms with van der Waals surface area (Å²) in [5.74, 6) is 0. The number of nitrogens with one attached hydrogen (secondary N) is 1. The van der Waals surface area contributed by atoms with E-state index in [4.69, 9.17) is 4.74 Å². The molecule has 0 aliphatic carbocycles. The van der Waals surface area contributed by atoms with Gasteiger partial charge >= 0.3 is 0 Å². The molecule has 1 N–H and O–H groups in total. The van der Waals surface area contributed by atoms with Crippen molar-refractivity contribution in [1.82, 2.24) is 4.98 Å². The molecule has 1 aliphatic rings. The quantitative estimate of drug-likeness (QED) is 0.906. The Morgan fingerprint density at radius 1 is 1.31 bits per heavy atom. The lowest BCUT2D eigenvalue weighted by molar-refractivity contribution is -0.0337. The lowest BCUT2D eigenvalue weighted by atomic mass is 10.00. The first kappa shape index (κ1) is 11.9. The zero-order valence-corrected chi connectivity index (χ0v) is 11.2. The van der Waals surface area contributed by atoms with Crippen LogP contribution in [0.5, 0.6) is 0 Å². The standard InChI is InChI=1S/C12H17BrN2O/c1-8-3-11(4-9(2)16-8)15-12-5-10(13)6-14-7-12/h5-9,11,15H,3-4H2,1-2H3. The van der Waals surface area contributed by atoms with E-state index in [9.17, 15) is 0 Å². The van der Waals surface area contributed by atoms with Crippen LogP contribution in [0.2, 0.25) is 0 Å². The van der Waals surface area contributed by atoms with E-state index in [1.807, 2.05) is 6.20 Å². The first-order chi connectivity index (χ1) is 7.63. The third-order valence-electron chi connectivity index (χ3n) is 2.77. The molecular weight excluding hydrogens is 268 g/mol. The van der Waals surface area contributed by atoms with Gasteiger partial charge in [-0.05, 0) is 48.7 Å². The maximum atomic E-state index is 5.71. The number of anilines is 1. The summed E-state index contributed by atoms with van der Waals surface area (Å²) in [5.41, 5.74) is 1.07. The molecule has 88 valence electrons. The van der Waals surface area contributed by atoms with Gasteiger partial charge in [-0.15, -0.1) is 0 Å². The van der Waals surface area contributed by atoms with E-state index >= 15 is 0 Å². The van der Waals surface area contributed by atoms with Crippen molar-refractivity contribution in [2.24, 2.45) is 0 Å². The summed E-state index contributed by atoms with van der Waals surface area (Å²) in [6, 6.07) is 2.53. The Morgan fingerprint density at radius 3 is 2.62 bits per heavy atom. The average Bonchev–Trinajstić information content (AvgIpc) is 2.15. The molecular formula is C12H17BrN2O. The number of hydrogen-bond donors (Lipinski definition) is 1. The van der Waals surface area contributed by atoms with Crippen molar-refractivity contribution in [3.05, 3.63) is 22.9 Å². The van der Waals surface area contributed by atoms with Crippen molar-refractivity contribution in [3.8, 4) is 0 Å². The Balaban J connectivity index is 1.98. The molecule has 0 radical (unpaired) electrons. The predicted octanol–water partition coefficient (Wildman–Crippen LogP) is 3.21. The zero-order valence-electron chi connectivity index (χ0n) is 9.61.